The summed E-state index contributed by atoms with van der Waals surface area (Å²) in [7, 11) is 0. The molecule has 1 aromatic rings. The number of hydrogen-bond acceptors (Lipinski definition) is 3. The SMILES string of the molecule is CCCCC12CNc3ccc(C)cc3C1=CC(=O)O2. The topological polar surface area (TPSA) is 38.3 Å². The Labute approximate surface area is 113 Å². The number of carbonyl (C=O) groups is 1. The van der Waals surface area contributed by atoms with Crippen LogP contribution in [0.2, 0.25) is 0 Å². The van der Waals surface area contributed by atoms with Gasteiger partial charge in [-0.15, -0.1) is 0 Å². The van der Waals surface area contributed by atoms with Crippen LogP contribution in [0.3, 0.4) is 0 Å². The highest BCUT2D eigenvalue weighted by atomic mass is 16.6. The van der Waals surface area contributed by atoms with Crippen molar-refractivity contribution < 1.29 is 9.53 Å². The molecular formula is C16H19NO2. The Morgan fingerprint density at radius 3 is 3.05 bits per heavy atom. The predicted molar refractivity (Wildman–Crippen MR) is 76.0 cm³/mol. The van der Waals surface area contributed by atoms with E-state index in [1.807, 2.05) is 0 Å². The zero-order valence-corrected chi connectivity index (χ0v) is 11.5. The fourth-order valence-electron chi connectivity index (χ4n) is 2.99. The van der Waals surface area contributed by atoms with E-state index >= 15 is 0 Å². The molecule has 100 valence electrons. The molecule has 1 N–H and O–H groups in total. The summed E-state index contributed by atoms with van der Waals surface area (Å²) in [5.74, 6) is -0.206. The van der Waals surface area contributed by atoms with Crippen molar-refractivity contribution in [3.05, 3.63) is 35.4 Å². The average molecular weight is 257 g/mol. The van der Waals surface area contributed by atoms with Crippen molar-refractivity contribution in [2.24, 2.45) is 0 Å². The summed E-state index contributed by atoms with van der Waals surface area (Å²) >= 11 is 0. The van der Waals surface area contributed by atoms with Gasteiger partial charge in [-0.2, -0.15) is 0 Å². The monoisotopic (exact) mass is 257 g/mol. The predicted octanol–water partition coefficient (Wildman–Crippen LogP) is 3.29. The molecule has 0 spiro atoms. The number of carbonyl (C=O) groups excluding carboxylic acids is 1. The van der Waals surface area contributed by atoms with Crippen molar-refractivity contribution in [3.8, 4) is 0 Å². The normalized spacial score (nSPS) is 24.1. The highest BCUT2D eigenvalue weighted by Gasteiger charge is 2.46. The molecule has 1 aromatic carbocycles. The van der Waals surface area contributed by atoms with E-state index in [1.165, 1.54) is 5.56 Å². The van der Waals surface area contributed by atoms with E-state index in [4.69, 9.17) is 4.74 Å². The molecule has 0 fully saturated rings. The molecule has 2 aliphatic rings. The summed E-state index contributed by atoms with van der Waals surface area (Å²) in [6, 6.07) is 6.30. The first-order valence-electron chi connectivity index (χ1n) is 6.95. The first-order valence-corrected chi connectivity index (χ1v) is 6.95. The number of benzene rings is 1. The Kier molecular flexibility index (Phi) is 2.85. The molecule has 0 saturated carbocycles. The number of esters is 1. The molecule has 3 nitrogen and oxygen atoms in total. The highest BCUT2D eigenvalue weighted by Crippen LogP contribution is 2.45. The Morgan fingerprint density at radius 2 is 2.26 bits per heavy atom. The third-order valence-corrected chi connectivity index (χ3v) is 4.01. The van der Waals surface area contributed by atoms with Gasteiger partial charge in [-0.05, 0) is 31.9 Å². The van der Waals surface area contributed by atoms with E-state index in [0.29, 0.717) is 6.54 Å². The van der Waals surface area contributed by atoms with Crippen molar-refractivity contribution in [1.29, 1.82) is 0 Å². The Bertz CT molecular complexity index is 562. The van der Waals surface area contributed by atoms with Gasteiger partial charge < -0.3 is 10.1 Å². The summed E-state index contributed by atoms with van der Waals surface area (Å²) in [5, 5.41) is 3.41. The molecule has 1 unspecified atom stereocenters. The van der Waals surface area contributed by atoms with Gasteiger partial charge in [-0.25, -0.2) is 4.79 Å². The summed E-state index contributed by atoms with van der Waals surface area (Å²) in [6.45, 7) is 4.91. The lowest BCUT2D eigenvalue weighted by Gasteiger charge is -2.37. The first kappa shape index (κ1) is 12.3. The smallest absolute Gasteiger partial charge is 0.332 e. The number of hydrogen-bond donors (Lipinski definition) is 1. The molecule has 19 heavy (non-hydrogen) atoms. The third-order valence-electron chi connectivity index (χ3n) is 4.01. The molecule has 0 aromatic heterocycles. The van der Waals surface area contributed by atoms with E-state index in [1.54, 1.807) is 6.08 Å². The molecule has 3 heteroatoms. The molecular weight excluding hydrogens is 238 g/mol. The van der Waals surface area contributed by atoms with Gasteiger partial charge in [0.15, 0.2) is 5.60 Å². The number of nitrogens with one attached hydrogen (secondary N) is 1. The summed E-state index contributed by atoms with van der Waals surface area (Å²) < 4.78 is 5.66. The largest absolute Gasteiger partial charge is 0.449 e. The fraction of sp³-hybridized carbons (Fsp3) is 0.438. The van der Waals surface area contributed by atoms with Crippen LogP contribution in [-0.4, -0.2) is 18.1 Å². The fourth-order valence-corrected chi connectivity index (χ4v) is 2.99. The molecule has 2 aliphatic heterocycles. The molecule has 0 aliphatic carbocycles. The summed E-state index contributed by atoms with van der Waals surface area (Å²) in [5.41, 5.74) is 4.03. The van der Waals surface area contributed by atoms with Gasteiger partial charge in [0.1, 0.15) is 0 Å². The zero-order valence-electron chi connectivity index (χ0n) is 11.5. The van der Waals surface area contributed by atoms with Gasteiger partial charge in [0.25, 0.3) is 0 Å². The van der Waals surface area contributed by atoms with Crippen LogP contribution in [0.1, 0.15) is 37.3 Å². The Balaban J connectivity index is 2.06. The van der Waals surface area contributed by atoms with E-state index in [0.717, 1.165) is 36.1 Å². The van der Waals surface area contributed by atoms with Crippen molar-refractivity contribution in [2.75, 3.05) is 11.9 Å². The number of fused-ring (bicyclic) bond motifs is 3. The quantitative estimate of drug-likeness (QED) is 0.844. The minimum Gasteiger partial charge on any atom is -0.449 e. The maximum absolute atomic E-state index is 11.7. The van der Waals surface area contributed by atoms with Gasteiger partial charge in [0.05, 0.1) is 6.54 Å². The summed E-state index contributed by atoms with van der Waals surface area (Å²) in [6.07, 6.45) is 4.73. The van der Waals surface area contributed by atoms with Gasteiger partial charge in [-0.3, -0.25) is 0 Å². The first-order chi connectivity index (χ1) is 9.14. The second-order valence-electron chi connectivity index (χ2n) is 5.48. The van der Waals surface area contributed by atoms with E-state index in [-0.39, 0.29) is 5.97 Å². The average Bonchev–Trinajstić information content (AvgIpc) is 2.73. The maximum Gasteiger partial charge on any atom is 0.332 e. The van der Waals surface area contributed by atoms with Gasteiger partial charge in [0, 0.05) is 22.9 Å². The number of aryl methyl sites for hydroxylation is 1. The van der Waals surface area contributed by atoms with Crippen molar-refractivity contribution in [1.82, 2.24) is 0 Å². The lowest BCUT2D eigenvalue weighted by atomic mass is 9.81. The Hall–Kier alpha value is -1.77. The van der Waals surface area contributed by atoms with Crippen LogP contribution in [0, 0.1) is 6.92 Å². The van der Waals surface area contributed by atoms with Crippen molar-refractivity contribution >= 4 is 17.2 Å². The van der Waals surface area contributed by atoms with Gasteiger partial charge >= 0.3 is 5.97 Å². The Morgan fingerprint density at radius 1 is 1.42 bits per heavy atom. The number of anilines is 1. The minimum absolute atomic E-state index is 0.206. The van der Waals surface area contributed by atoms with E-state index < -0.39 is 5.60 Å². The summed E-state index contributed by atoms with van der Waals surface area (Å²) in [4.78, 5) is 11.7. The lowest BCUT2D eigenvalue weighted by Crippen LogP contribution is -2.42. The zero-order chi connectivity index (χ0) is 13.5. The second-order valence-corrected chi connectivity index (χ2v) is 5.48. The van der Waals surface area contributed by atoms with Crippen LogP contribution in [0.4, 0.5) is 5.69 Å². The minimum atomic E-state index is -0.451. The lowest BCUT2D eigenvalue weighted by molar-refractivity contribution is -0.144. The van der Waals surface area contributed by atoms with Crippen molar-refractivity contribution in [2.45, 2.75) is 38.7 Å². The molecule has 0 amide bonds. The van der Waals surface area contributed by atoms with Crippen LogP contribution in [0.25, 0.3) is 5.57 Å². The standard InChI is InChI=1S/C16H19NO2/c1-3-4-7-16-10-17-14-6-5-11(2)8-12(14)13(16)9-15(18)19-16/h5-6,8-9,17H,3-4,7,10H2,1-2H3. The molecule has 0 saturated heterocycles. The maximum atomic E-state index is 11.7. The van der Waals surface area contributed by atoms with Crippen LogP contribution in [0.15, 0.2) is 24.3 Å². The molecule has 0 radical (unpaired) electrons. The van der Waals surface area contributed by atoms with Gasteiger partial charge in [-0.1, -0.05) is 25.0 Å². The van der Waals surface area contributed by atoms with Crippen LogP contribution in [0.5, 0.6) is 0 Å². The van der Waals surface area contributed by atoms with E-state index in [2.05, 4.69) is 37.4 Å². The molecule has 2 heterocycles. The highest BCUT2D eigenvalue weighted by molar-refractivity contribution is 6.02. The number of unbranched alkanes of at least 4 members (excludes halogenated alkanes) is 1. The number of rotatable bonds is 3. The van der Waals surface area contributed by atoms with Crippen LogP contribution >= 0.6 is 0 Å². The third kappa shape index (κ3) is 1.93. The second kappa shape index (κ2) is 4.41. The molecule has 3 rings (SSSR count). The van der Waals surface area contributed by atoms with Crippen LogP contribution < -0.4 is 5.32 Å². The molecule has 1 atom stereocenters. The van der Waals surface area contributed by atoms with Gasteiger partial charge in [0.2, 0.25) is 0 Å². The molecule has 0 bridgehead atoms. The van der Waals surface area contributed by atoms with Crippen LogP contribution in [-0.2, 0) is 9.53 Å². The van der Waals surface area contributed by atoms with E-state index in [9.17, 15) is 4.79 Å². The van der Waals surface area contributed by atoms with Crippen molar-refractivity contribution in [3.63, 3.8) is 0 Å². The number of ether oxygens (including phenoxy) is 1.